The number of hydrogen-bond acceptors (Lipinski definition) is 35. The van der Waals surface area contributed by atoms with Gasteiger partial charge in [-0.15, -0.1) is 10.2 Å². The van der Waals surface area contributed by atoms with Crippen LogP contribution in [0.25, 0.3) is 22.1 Å². The Labute approximate surface area is 790 Å². The highest BCUT2D eigenvalue weighted by Gasteiger charge is 2.79. The average molecular weight is 1970 g/mol. The minimum atomic E-state index is -4.87. The highest BCUT2D eigenvalue weighted by molar-refractivity contribution is 8.76. The molecule has 15 atom stereocenters. The number of benzene rings is 3. The van der Waals surface area contributed by atoms with E-state index in [0.717, 1.165) is 90.3 Å². The molecule has 44 nitrogen and oxygen atoms in total. The summed E-state index contributed by atoms with van der Waals surface area (Å²) in [6.07, 6.45) is 2.81. The fourth-order valence-corrected chi connectivity index (χ4v) is 24.0. The number of aromatic nitrogens is 11. The lowest BCUT2D eigenvalue weighted by Crippen LogP contribution is -2.82. The molecule has 3 aromatic carbocycles. The number of H-pyrrole nitrogens is 1. The van der Waals surface area contributed by atoms with Crippen LogP contribution in [0.15, 0.2) is 79.3 Å². The van der Waals surface area contributed by atoms with Gasteiger partial charge in [-0.25, -0.2) is 37.9 Å². The zero-order valence-electron chi connectivity index (χ0n) is 75.7. The molecule has 15 N–H and O–H groups in total. The van der Waals surface area contributed by atoms with Crippen LogP contribution in [0.3, 0.4) is 0 Å². The number of anilines is 2. The van der Waals surface area contributed by atoms with Crippen molar-refractivity contribution in [2.75, 3.05) is 88.8 Å². The molecule has 4 fully saturated rings. The van der Waals surface area contributed by atoms with E-state index in [1.54, 1.807) is 19.2 Å². The van der Waals surface area contributed by atoms with Crippen LogP contribution in [-0.2, 0) is 123 Å². The number of rotatable bonds is 43. The van der Waals surface area contributed by atoms with Gasteiger partial charge >= 0.3 is 38.8 Å². The lowest BCUT2D eigenvalue weighted by Gasteiger charge is -2.64. The second-order valence-electron chi connectivity index (χ2n) is 36.4. The second kappa shape index (κ2) is 41.7. The number of ketones is 3. The van der Waals surface area contributed by atoms with E-state index in [-0.39, 0.29) is 77.2 Å². The molecule has 14 rings (SSSR count). The first-order chi connectivity index (χ1) is 64.6. The molecule has 1 spiro atoms. The summed E-state index contributed by atoms with van der Waals surface area (Å²) in [7, 11) is -4.24. The Morgan fingerprint density at radius 3 is 2.09 bits per heavy atom. The van der Waals surface area contributed by atoms with Gasteiger partial charge in [-0.1, -0.05) is 95.3 Å². The van der Waals surface area contributed by atoms with Gasteiger partial charge in [-0.2, -0.15) is 26.8 Å². The summed E-state index contributed by atoms with van der Waals surface area (Å²) in [5.41, 5.74) is 11.5. The molecule has 1 unspecified atom stereocenters. The number of Topliss-reactive ketones (excluding diaryl/α,β-unsaturated/α-hetero) is 3. The first kappa shape index (κ1) is 101. The maximum Gasteiger partial charge on any atom is 0.426 e. The average Bonchev–Trinajstić information content (AvgIpc) is 1.47. The van der Waals surface area contributed by atoms with Gasteiger partial charge in [0.15, 0.2) is 34.1 Å². The Morgan fingerprint density at radius 2 is 1.43 bits per heavy atom. The maximum atomic E-state index is 15.4. The Kier molecular flexibility index (Phi) is 31.0. The number of carboxylic acid groups (broad SMARTS) is 2. The van der Waals surface area contributed by atoms with Crippen molar-refractivity contribution < 1.29 is 118 Å². The topological polar surface area (TPSA) is 633 Å². The number of nitrogens with one attached hydrogen (secondary N) is 5. The minimum Gasteiger partial charge on any atom is -0.496 e. The summed E-state index contributed by atoms with van der Waals surface area (Å²) in [5, 5.41) is 92.2. The fraction of sp³-hybridized carbons (Fsp3) is 0.557. The van der Waals surface area contributed by atoms with Gasteiger partial charge in [0.2, 0.25) is 23.6 Å². The van der Waals surface area contributed by atoms with E-state index in [1.807, 2.05) is 44.0 Å². The van der Waals surface area contributed by atoms with E-state index in [0.29, 0.717) is 88.0 Å². The molecule has 48 heteroatoms. The molecule has 136 heavy (non-hydrogen) atoms. The Hall–Kier alpha value is -11.0. The van der Waals surface area contributed by atoms with E-state index >= 15 is 4.79 Å². The lowest BCUT2D eigenvalue weighted by atomic mass is 9.46. The summed E-state index contributed by atoms with van der Waals surface area (Å²) in [5.74, 6) is -12.4. The van der Waals surface area contributed by atoms with Crippen LogP contribution in [0.5, 0.6) is 11.6 Å². The van der Waals surface area contributed by atoms with Crippen molar-refractivity contribution in [2.45, 2.75) is 202 Å². The molecular formula is C88H113N19O25S4. The summed E-state index contributed by atoms with van der Waals surface area (Å²) < 4.78 is 86.3. The number of nitrogen functional groups attached to an aromatic ring is 1. The van der Waals surface area contributed by atoms with Gasteiger partial charge in [-0.05, 0) is 125 Å². The van der Waals surface area contributed by atoms with Crippen molar-refractivity contribution in [2.24, 2.45) is 29.1 Å². The first-order valence-electron chi connectivity index (χ1n) is 44.9. The number of aliphatic carboxylic acids is 2. The van der Waals surface area contributed by atoms with Crippen molar-refractivity contribution in [3.05, 3.63) is 130 Å². The number of amides is 4. The molecule has 6 aliphatic rings. The number of carbonyl (C=O) groups is 9. The van der Waals surface area contributed by atoms with Gasteiger partial charge in [-0.3, -0.25) is 62.7 Å². The van der Waals surface area contributed by atoms with Gasteiger partial charge in [0, 0.05) is 157 Å². The van der Waals surface area contributed by atoms with Crippen LogP contribution in [0.2, 0.25) is 0 Å². The number of aromatic amines is 1. The summed E-state index contributed by atoms with van der Waals surface area (Å²) >= 11 is 0. The van der Waals surface area contributed by atoms with Crippen molar-refractivity contribution in [1.29, 1.82) is 0 Å². The number of hydrazine groups is 1. The number of aromatic hydroxyl groups is 1. The first-order valence-corrected chi connectivity index (χ1v) is 50.2. The molecule has 1 saturated carbocycles. The number of nitrogens with two attached hydrogens (primary N) is 1. The number of aliphatic hydroxyl groups is 3. The van der Waals surface area contributed by atoms with E-state index < -0.39 is 207 Å². The highest BCUT2D eigenvalue weighted by Crippen LogP contribution is 2.69. The number of para-hydroxylation sites is 1. The van der Waals surface area contributed by atoms with Crippen LogP contribution >= 0.6 is 21.6 Å². The Morgan fingerprint density at radius 1 is 0.750 bits per heavy atom. The van der Waals surface area contributed by atoms with E-state index in [9.17, 15) is 85.8 Å². The number of likely N-dealkylation sites (N-methyl/N-ethyl adjacent to an activating group) is 1. The van der Waals surface area contributed by atoms with Crippen molar-refractivity contribution in [3.8, 4) is 11.6 Å². The van der Waals surface area contributed by atoms with Crippen LogP contribution in [0.4, 0.5) is 16.4 Å². The van der Waals surface area contributed by atoms with Gasteiger partial charge in [0.25, 0.3) is 5.91 Å². The van der Waals surface area contributed by atoms with Gasteiger partial charge < -0.3 is 66.4 Å². The quantitative estimate of drug-likeness (QED) is 0.00854. The molecule has 4 amide bonds. The molecule has 5 aliphatic heterocycles. The zero-order valence-corrected chi connectivity index (χ0v) is 79.0. The van der Waals surface area contributed by atoms with Crippen molar-refractivity contribution in [3.63, 3.8) is 0 Å². The van der Waals surface area contributed by atoms with Crippen LogP contribution in [0.1, 0.15) is 160 Å². The normalized spacial score (nSPS) is 24.1. The summed E-state index contributed by atoms with van der Waals surface area (Å²) in [6, 6.07) is 14.3. The van der Waals surface area contributed by atoms with E-state index in [2.05, 4.69) is 110 Å². The molecule has 734 valence electrons. The summed E-state index contributed by atoms with van der Waals surface area (Å²) in [4.78, 5) is 153. The number of fused-ring (bicyclic) bond motifs is 7. The third kappa shape index (κ3) is 22.1. The number of aliphatic hydroxyl groups excluding tert-OH is 1. The monoisotopic (exact) mass is 1960 g/mol. The molecular weight excluding hydrogens is 1850 g/mol. The number of aryl methyl sites for hydroxylation is 2. The fourth-order valence-electron chi connectivity index (χ4n) is 21.3. The minimum absolute atomic E-state index is 0.00317. The number of carbonyl (C=O) groups excluding carboxylic acids is 7. The second-order valence-corrected chi connectivity index (χ2v) is 41.2. The maximum absolute atomic E-state index is 15.4. The molecule has 3 saturated heterocycles. The Balaban J connectivity index is 0.609. The Bertz CT molecular complexity index is 6070. The van der Waals surface area contributed by atoms with Crippen LogP contribution in [-0.4, -0.2) is 294 Å². The van der Waals surface area contributed by atoms with Crippen LogP contribution < -0.4 is 36.9 Å². The molecule has 10 heterocycles. The molecule has 2 bridgehead atoms. The molecule has 0 radical (unpaired) electrons. The lowest BCUT2D eigenvalue weighted by molar-refractivity contribution is -0.222. The van der Waals surface area contributed by atoms with Gasteiger partial charge in [0.1, 0.15) is 18.5 Å². The van der Waals surface area contributed by atoms with E-state index in [1.165, 1.54) is 43.2 Å². The summed E-state index contributed by atoms with van der Waals surface area (Å²) in [6.45, 7) is 8.91. The number of ether oxygens (including phenoxy) is 2. The van der Waals surface area contributed by atoms with E-state index in [4.69, 9.17) is 24.3 Å². The van der Waals surface area contributed by atoms with Crippen molar-refractivity contribution in [1.82, 2.24) is 86.2 Å². The molecule has 1 aliphatic carbocycles. The predicted molar refractivity (Wildman–Crippen MR) is 490 cm³/mol. The predicted octanol–water partition coefficient (Wildman–Crippen LogP) is 3.55. The number of piperidine rings is 2. The molecule has 5 aromatic heterocycles. The number of carboxylic acids is 2. The van der Waals surface area contributed by atoms with Crippen LogP contribution in [0, 0.1) is 29.1 Å². The van der Waals surface area contributed by atoms with Gasteiger partial charge in [0.05, 0.1) is 92.3 Å². The highest BCUT2D eigenvalue weighted by atomic mass is 33.1. The SMILES string of the molecule is CC[C@]1(O)C[C@H]2CN(CCc3c([nH]c4ccccc34)[C@@](C)(c3cc4c(cc3OC)N(C)[C@H]3[C@@](O)(C(=O)NNC(=O)OCCSSC[C@H](CC(=O)[C@H](Cc5cn(CCOS(=O)(=O)O)nn5)NC(=O)[C@H](C)CC(=O)[C@H](Cc5cn(CCOS(=O)(=O)O)nn5)NC(=O)CC[C@H](CC(=O)c5ccc(CCc6cnc7nc(N)nc(O)c7n6)cc5)C(=O)O)C(=O)O)[C@H](O)[C@]5(CC)CCCN6CC[C@]43[C@@H]65)C2)C1. The number of hydrogen-bond donors (Lipinski definition) is 14. The zero-order chi connectivity index (χ0) is 97.7. The molecule has 8 aromatic rings. The third-order valence-electron chi connectivity index (χ3n) is 27.7. The number of nitrogens with zero attached hydrogens (tertiary/aromatic N) is 13. The largest absolute Gasteiger partial charge is 0.496 e. The smallest absolute Gasteiger partial charge is 0.426 e. The standard InChI is InChI=1S/C88H113N19O25S4/c1-7-85(121)42-51-41-84(4,72-59(22-26-104(44-51)48-85)58-12-9-10-13-62(58)93-72)61-39-60-65(40-69(61)129-6)103(5)79-87(60)24-27-105-25-11-23-86(8-2,78(87)105)80(118)88(79,122)81(119)99-100-83(120)130-32-33-133-134-47-54(77(116)117)36-68(110)64(38-57-46-107(102-98-57)29-31-132-136(126,127)128)94-74(112)49(3)34-67(109)63(37-56-45-106(101-97-56)28-30-131-135(123,124)125)92-70(111)21-19-53(76(114)115)35-66(108)52-17-14-50(15-18-52)16-20-55-43-90-73-71(91-55)75(113)96-82(89)95-73/h9-10,12-15,17-18,39-40,43,45-46,49,51,53-54,63-64,78-80,93,118,121-122H,7-8,11,16,19-38,41-42,44,47-48H2,1-6H3,(H,92,111)(H,94,112)(H,99,119)(H,100,120)(H,114,115)(H,116,117)(H,123,124,125)(H,126,127,128)(H3,89,90,95,96,113)/t49-,51+,53-,54+,63+,64+,78+,79-,80-,84-,85+,86-,87-,88+/m1/s1. The van der Waals surface area contributed by atoms with Crippen molar-refractivity contribution >= 4 is 129 Å². The third-order valence-corrected chi connectivity index (χ3v) is 31.1. The number of methoxy groups -OCH3 is 1.